The Bertz CT molecular complexity index is 1510. The van der Waals surface area contributed by atoms with Gasteiger partial charge in [-0.15, -0.1) is 0 Å². The minimum Gasteiger partial charge on any atom is -0.452 e. The van der Waals surface area contributed by atoms with Gasteiger partial charge in [0.15, 0.2) is 22.8 Å². The second-order valence-corrected chi connectivity index (χ2v) is 9.51. The van der Waals surface area contributed by atoms with E-state index < -0.39 is 0 Å². The maximum atomic E-state index is 11.8. The molecule has 0 unspecified atom stereocenters. The van der Waals surface area contributed by atoms with Gasteiger partial charge in [0.2, 0.25) is 0 Å². The molecular formula is C34H40O4. The predicted octanol–water partition coefficient (Wildman–Crippen LogP) is 8.90. The van der Waals surface area contributed by atoms with Crippen molar-refractivity contribution < 1.29 is 14.0 Å². The molecule has 0 spiro atoms. The first-order valence-corrected chi connectivity index (χ1v) is 13.4. The Morgan fingerprint density at radius 2 is 1.37 bits per heavy atom. The van der Waals surface area contributed by atoms with E-state index in [-0.39, 0.29) is 22.8 Å². The first kappa shape index (κ1) is 30.4. The molecule has 0 N–H and O–H groups in total. The maximum Gasteiger partial charge on any atom is 0.196 e. The third kappa shape index (κ3) is 6.95. The van der Waals surface area contributed by atoms with Crippen molar-refractivity contribution in [2.24, 2.45) is 0 Å². The Kier molecular flexibility index (Phi) is 11.4. The van der Waals surface area contributed by atoms with Crippen LogP contribution in [0.15, 0.2) is 75.4 Å². The second-order valence-electron chi connectivity index (χ2n) is 9.51. The molecule has 0 radical (unpaired) electrons. The van der Waals surface area contributed by atoms with Crippen LogP contribution in [-0.2, 0) is 11.2 Å². The van der Waals surface area contributed by atoms with Gasteiger partial charge in [-0.3, -0.25) is 14.4 Å². The van der Waals surface area contributed by atoms with Crippen molar-refractivity contribution in [1.29, 1.82) is 0 Å². The molecule has 4 aromatic rings. The van der Waals surface area contributed by atoms with Gasteiger partial charge in [0.25, 0.3) is 0 Å². The van der Waals surface area contributed by atoms with Crippen LogP contribution < -0.4 is 5.43 Å². The van der Waals surface area contributed by atoms with E-state index in [9.17, 15) is 14.4 Å². The van der Waals surface area contributed by atoms with Gasteiger partial charge in [-0.2, -0.15) is 0 Å². The maximum absolute atomic E-state index is 11.8. The Morgan fingerprint density at radius 1 is 0.789 bits per heavy atom. The number of benzene rings is 3. The zero-order valence-corrected chi connectivity index (χ0v) is 24.0. The van der Waals surface area contributed by atoms with Gasteiger partial charge in [-0.25, -0.2) is 0 Å². The van der Waals surface area contributed by atoms with E-state index in [0.29, 0.717) is 16.5 Å². The molecule has 0 saturated carbocycles. The van der Waals surface area contributed by atoms with E-state index in [4.69, 9.17) is 4.42 Å². The van der Waals surface area contributed by atoms with Gasteiger partial charge in [0, 0.05) is 24.5 Å². The lowest BCUT2D eigenvalue weighted by Crippen LogP contribution is -2.11. The van der Waals surface area contributed by atoms with Crippen molar-refractivity contribution in [3.05, 3.63) is 98.9 Å². The fraction of sp³-hybridized carbons (Fsp3) is 0.324. The molecule has 200 valence electrons. The Labute approximate surface area is 226 Å². The molecular weight excluding hydrogens is 472 g/mol. The lowest BCUT2D eigenvalue weighted by molar-refractivity contribution is -0.113. The van der Waals surface area contributed by atoms with Crippen LogP contribution in [0.2, 0.25) is 0 Å². The van der Waals surface area contributed by atoms with Crippen molar-refractivity contribution in [1.82, 2.24) is 0 Å². The molecule has 1 aliphatic rings. The lowest BCUT2D eigenvalue weighted by atomic mass is 9.83. The molecule has 0 atom stereocenters. The predicted molar refractivity (Wildman–Crippen MR) is 160 cm³/mol. The van der Waals surface area contributed by atoms with Gasteiger partial charge in [-0.1, -0.05) is 89.1 Å². The van der Waals surface area contributed by atoms with Crippen LogP contribution in [0.1, 0.15) is 88.6 Å². The average molecular weight is 513 g/mol. The van der Waals surface area contributed by atoms with E-state index in [1.54, 1.807) is 38.1 Å². The lowest BCUT2D eigenvalue weighted by Gasteiger charge is -2.20. The summed E-state index contributed by atoms with van der Waals surface area (Å²) in [5.41, 5.74) is 5.28. The van der Waals surface area contributed by atoms with Crippen LogP contribution in [0.25, 0.3) is 27.3 Å². The minimum absolute atomic E-state index is 0.137. The molecule has 1 heterocycles. The van der Waals surface area contributed by atoms with Crippen LogP contribution in [0.5, 0.6) is 0 Å². The number of hydrogen-bond acceptors (Lipinski definition) is 4. The highest BCUT2D eigenvalue weighted by Crippen LogP contribution is 2.36. The molecule has 1 aromatic heterocycles. The quantitative estimate of drug-likeness (QED) is 0.252. The van der Waals surface area contributed by atoms with E-state index in [1.807, 2.05) is 0 Å². The summed E-state index contributed by atoms with van der Waals surface area (Å²) < 4.78 is 5.39. The molecule has 4 heteroatoms. The molecule has 3 aromatic carbocycles. The van der Waals surface area contributed by atoms with Crippen LogP contribution in [0.3, 0.4) is 0 Å². The van der Waals surface area contributed by atoms with Gasteiger partial charge < -0.3 is 4.42 Å². The molecule has 5 rings (SSSR count). The highest BCUT2D eigenvalue weighted by atomic mass is 16.3. The average Bonchev–Trinajstić information content (AvgIpc) is 2.89. The smallest absolute Gasteiger partial charge is 0.196 e. The van der Waals surface area contributed by atoms with Crippen LogP contribution >= 0.6 is 0 Å². The zero-order valence-electron chi connectivity index (χ0n) is 24.0. The fourth-order valence-electron chi connectivity index (χ4n) is 4.32. The zero-order chi connectivity index (χ0) is 28.4. The third-order valence-electron chi connectivity index (χ3n) is 5.98. The van der Waals surface area contributed by atoms with Crippen molar-refractivity contribution in [2.45, 2.75) is 74.7 Å². The SMILES string of the molecule is CC(=O)C1=C(C)c2cccc3cccc(c23)C1.CC(=O)c1oc2ccccc2c(=O)c1C.CCC.CCC. The number of fused-ring (bicyclic) bond motifs is 1. The summed E-state index contributed by atoms with van der Waals surface area (Å²) in [6, 6.07) is 19.6. The Balaban J connectivity index is 0.000000223. The first-order chi connectivity index (χ1) is 18.1. The van der Waals surface area contributed by atoms with E-state index in [1.165, 1.54) is 41.7 Å². The molecule has 38 heavy (non-hydrogen) atoms. The molecule has 4 nitrogen and oxygen atoms in total. The Morgan fingerprint density at radius 3 is 1.95 bits per heavy atom. The number of allylic oxidation sites excluding steroid dienone is 2. The highest BCUT2D eigenvalue weighted by molar-refractivity contribution is 6.08. The van der Waals surface area contributed by atoms with Crippen molar-refractivity contribution in [3.63, 3.8) is 0 Å². The number of carbonyl (C=O) groups excluding carboxylic acids is 2. The molecule has 0 amide bonds. The second kappa shape index (κ2) is 14.2. The molecule has 0 aliphatic heterocycles. The summed E-state index contributed by atoms with van der Waals surface area (Å²) in [5.74, 6) is 0.114. The molecule has 0 fully saturated rings. The van der Waals surface area contributed by atoms with Gasteiger partial charge in [0.1, 0.15) is 5.58 Å². The first-order valence-electron chi connectivity index (χ1n) is 13.4. The van der Waals surface area contributed by atoms with Crippen molar-refractivity contribution >= 4 is 38.9 Å². The van der Waals surface area contributed by atoms with Gasteiger partial charge in [0.05, 0.1) is 5.39 Å². The normalized spacial score (nSPS) is 11.5. The largest absolute Gasteiger partial charge is 0.452 e. The van der Waals surface area contributed by atoms with E-state index in [0.717, 1.165) is 17.6 Å². The van der Waals surface area contributed by atoms with Gasteiger partial charge in [-0.05, 0) is 60.4 Å². The summed E-state index contributed by atoms with van der Waals surface area (Å²) in [6.07, 6.45) is 3.27. The van der Waals surface area contributed by atoms with E-state index >= 15 is 0 Å². The van der Waals surface area contributed by atoms with Crippen LogP contribution in [0, 0.1) is 6.92 Å². The number of hydrogen-bond donors (Lipinski definition) is 0. The molecule has 0 saturated heterocycles. The summed E-state index contributed by atoms with van der Waals surface area (Å²) >= 11 is 0. The number of Topliss-reactive ketones (excluding diaryl/α,β-unsaturated/α-hetero) is 2. The number of ketones is 2. The summed E-state index contributed by atoms with van der Waals surface area (Å²) in [7, 11) is 0. The molecule has 1 aliphatic carbocycles. The standard InChI is InChI=1S/C16H14O.C12H10O3.2C3H8/c1-10-14-8-4-6-12-5-3-7-13(16(12)14)9-15(10)11(2)17;1-7-11(14)9-5-3-4-6-10(9)15-12(7)8(2)13;2*1-3-2/h3-8H,9H2,1-2H3;3-6H,1-2H3;2*3H2,1-2H3. The number of carbonyl (C=O) groups is 2. The van der Waals surface area contributed by atoms with Crippen LogP contribution in [-0.4, -0.2) is 11.6 Å². The Hall–Kier alpha value is -3.79. The summed E-state index contributed by atoms with van der Waals surface area (Å²) in [5, 5.41) is 3.10. The highest BCUT2D eigenvalue weighted by Gasteiger charge is 2.20. The summed E-state index contributed by atoms with van der Waals surface area (Å²) in [6.45, 7) is 15.2. The topological polar surface area (TPSA) is 64.3 Å². The fourth-order valence-corrected chi connectivity index (χ4v) is 4.32. The van der Waals surface area contributed by atoms with E-state index in [2.05, 4.69) is 71.0 Å². The number of rotatable bonds is 2. The van der Waals surface area contributed by atoms with Crippen LogP contribution in [0.4, 0.5) is 0 Å². The van der Waals surface area contributed by atoms with Crippen molar-refractivity contribution in [3.8, 4) is 0 Å². The third-order valence-corrected chi connectivity index (χ3v) is 5.98. The number of para-hydroxylation sites is 1. The monoisotopic (exact) mass is 512 g/mol. The molecule has 0 bridgehead atoms. The minimum atomic E-state index is -0.227. The van der Waals surface area contributed by atoms with Crippen molar-refractivity contribution in [2.75, 3.05) is 0 Å². The summed E-state index contributed by atoms with van der Waals surface area (Å²) in [4.78, 5) is 34.8. The van der Waals surface area contributed by atoms with Gasteiger partial charge >= 0.3 is 0 Å².